The first-order chi connectivity index (χ1) is 13.0. The lowest BCUT2D eigenvalue weighted by Gasteiger charge is -2.49. The third kappa shape index (κ3) is 5.43. The van der Waals surface area contributed by atoms with Gasteiger partial charge in [0.2, 0.25) is 0 Å². The molecule has 0 bridgehead atoms. The molecule has 2 aliphatic rings. The fourth-order valence-electron chi connectivity index (χ4n) is 4.95. The average Bonchev–Trinajstić information content (AvgIpc) is 2.59. The van der Waals surface area contributed by atoms with Crippen LogP contribution in [0.15, 0.2) is 47.6 Å². The number of rotatable bonds is 6. The molecular weight excluding hydrogens is 380 g/mol. The van der Waals surface area contributed by atoms with Crippen molar-refractivity contribution >= 4 is 16.4 Å². The molecule has 6 unspecified atom stereocenters. The molecule has 6 atom stereocenters. The van der Waals surface area contributed by atoms with Crippen molar-refractivity contribution in [2.45, 2.75) is 46.6 Å². The van der Waals surface area contributed by atoms with Crippen LogP contribution in [0, 0.1) is 29.6 Å². The van der Waals surface area contributed by atoms with Crippen molar-refractivity contribution < 1.29 is 27.1 Å². The lowest BCUT2D eigenvalue weighted by atomic mass is 9.57. The zero-order valence-corrected chi connectivity index (χ0v) is 17.6. The van der Waals surface area contributed by atoms with E-state index < -0.39 is 22.5 Å². The molecule has 0 aromatic rings. The summed E-state index contributed by atoms with van der Waals surface area (Å²) in [4.78, 5) is 10.7. The number of aliphatic carboxylic acids is 1. The van der Waals surface area contributed by atoms with E-state index in [1.807, 2.05) is 19.9 Å². The molecule has 6 nitrogen and oxygen atoms in total. The SMILES string of the molecule is CC=C(C)C1C(C)=CC2CCC(OS(=O)(=O)O)C(C)C2C1C=CC=CC(=O)O. The van der Waals surface area contributed by atoms with Crippen molar-refractivity contribution in [3.63, 3.8) is 0 Å². The molecule has 2 aliphatic carbocycles. The normalized spacial score (nSPS) is 34.5. The second kappa shape index (κ2) is 9.20. The fourth-order valence-corrected chi connectivity index (χ4v) is 5.54. The molecular formula is C21H30O6S. The van der Waals surface area contributed by atoms with Gasteiger partial charge >= 0.3 is 16.4 Å². The van der Waals surface area contributed by atoms with Gasteiger partial charge in [-0.15, -0.1) is 0 Å². The Kier molecular flexibility index (Phi) is 7.42. The number of allylic oxidation sites excluding steroid dienone is 7. The van der Waals surface area contributed by atoms with Crippen molar-refractivity contribution in [3.05, 3.63) is 47.6 Å². The molecule has 28 heavy (non-hydrogen) atoms. The summed E-state index contributed by atoms with van der Waals surface area (Å²) in [5.41, 5.74) is 2.49. The number of carboxylic acid groups (broad SMARTS) is 1. The van der Waals surface area contributed by atoms with E-state index >= 15 is 0 Å². The largest absolute Gasteiger partial charge is 0.478 e. The van der Waals surface area contributed by atoms with E-state index in [0.29, 0.717) is 6.42 Å². The molecule has 0 spiro atoms. The number of carbonyl (C=O) groups is 1. The van der Waals surface area contributed by atoms with Crippen LogP contribution in [0.5, 0.6) is 0 Å². The Hall–Kier alpha value is -1.70. The number of fused-ring (bicyclic) bond motifs is 1. The molecule has 0 radical (unpaired) electrons. The molecule has 7 heteroatoms. The predicted molar refractivity (Wildman–Crippen MR) is 108 cm³/mol. The lowest BCUT2D eigenvalue weighted by molar-refractivity contribution is -0.131. The minimum absolute atomic E-state index is 0.0763. The summed E-state index contributed by atoms with van der Waals surface area (Å²) in [6.07, 6.45) is 11.5. The highest BCUT2D eigenvalue weighted by molar-refractivity contribution is 7.80. The van der Waals surface area contributed by atoms with Crippen LogP contribution in [0.2, 0.25) is 0 Å². The van der Waals surface area contributed by atoms with Gasteiger partial charge in [-0.2, -0.15) is 8.42 Å². The van der Waals surface area contributed by atoms with Gasteiger partial charge in [0, 0.05) is 12.0 Å². The topological polar surface area (TPSA) is 101 Å². The van der Waals surface area contributed by atoms with Gasteiger partial charge in [-0.25, -0.2) is 8.98 Å². The maximum Gasteiger partial charge on any atom is 0.397 e. The second-order valence-electron chi connectivity index (χ2n) is 7.82. The van der Waals surface area contributed by atoms with E-state index in [2.05, 4.69) is 26.0 Å². The fraction of sp³-hybridized carbons (Fsp3) is 0.571. The molecule has 156 valence electrons. The quantitative estimate of drug-likeness (QED) is 0.295. The lowest BCUT2D eigenvalue weighted by Crippen LogP contribution is -2.45. The average molecular weight is 411 g/mol. The van der Waals surface area contributed by atoms with Crippen LogP contribution in [0.4, 0.5) is 0 Å². The van der Waals surface area contributed by atoms with Crippen molar-refractivity contribution in [1.82, 2.24) is 0 Å². The highest BCUT2D eigenvalue weighted by atomic mass is 32.3. The Morgan fingerprint density at radius 3 is 2.54 bits per heavy atom. The monoisotopic (exact) mass is 410 g/mol. The summed E-state index contributed by atoms with van der Waals surface area (Å²) in [5.74, 6) is -0.444. The maximum atomic E-state index is 11.3. The summed E-state index contributed by atoms with van der Waals surface area (Å²) in [6, 6.07) is 0. The summed E-state index contributed by atoms with van der Waals surface area (Å²) in [7, 11) is -4.51. The smallest absolute Gasteiger partial charge is 0.397 e. The van der Waals surface area contributed by atoms with E-state index in [9.17, 15) is 13.2 Å². The number of carboxylic acids is 1. The molecule has 2 N–H and O–H groups in total. The molecule has 0 saturated heterocycles. The van der Waals surface area contributed by atoms with Crippen LogP contribution in [0.25, 0.3) is 0 Å². The van der Waals surface area contributed by atoms with E-state index in [-0.39, 0.29) is 29.6 Å². The minimum atomic E-state index is -4.51. The Labute approximate surface area is 167 Å². The van der Waals surface area contributed by atoms with Crippen LogP contribution in [-0.2, 0) is 19.4 Å². The summed E-state index contributed by atoms with van der Waals surface area (Å²) < 4.78 is 36.6. The standard InChI is InChI=1S/C21H30O6S/c1-5-13(2)20-14(3)12-16-10-11-18(27-28(24,25)26)15(4)21(16)17(20)8-6-7-9-19(22)23/h5-9,12,15-18,20-21H,10-11H2,1-4H3,(H,22,23)(H,24,25,26). The van der Waals surface area contributed by atoms with Crippen molar-refractivity contribution in [2.75, 3.05) is 0 Å². The van der Waals surface area contributed by atoms with Gasteiger partial charge in [-0.1, -0.05) is 48.5 Å². The summed E-state index contributed by atoms with van der Waals surface area (Å²) >= 11 is 0. The van der Waals surface area contributed by atoms with Gasteiger partial charge in [0.25, 0.3) is 0 Å². The van der Waals surface area contributed by atoms with E-state index in [1.165, 1.54) is 17.2 Å². The molecule has 0 aromatic heterocycles. The summed E-state index contributed by atoms with van der Waals surface area (Å²) in [5, 5.41) is 8.81. The van der Waals surface area contributed by atoms with Crippen molar-refractivity contribution in [3.8, 4) is 0 Å². The van der Waals surface area contributed by atoms with Gasteiger partial charge in [0.05, 0.1) is 6.10 Å². The predicted octanol–water partition coefficient (Wildman–Crippen LogP) is 4.19. The first kappa shape index (κ1) is 22.6. The molecule has 0 aliphatic heterocycles. The Morgan fingerprint density at radius 2 is 1.96 bits per heavy atom. The van der Waals surface area contributed by atoms with Crippen LogP contribution in [0.3, 0.4) is 0 Å². The Morgan fingerprint density at radius 1 is 1.29 bits per heavy atom. The zero-order chi connectivity index (χ0) is 21.1. The van der Waals surface area contributed by atoms with Crippen LogP contribution in [0.1, 0.15) is 40.5 Å². The molecule has 0 heterocycles. The third-order valence-electron chi connectivity index (χ3n) is 6.14. The Bertz CT molecular complexity index is 805. The van der Waals surface area contributed by atoms with E-state index in [1.54, 1.807) is 6.08 Å². The van der Waals surface area contributed by atoms with Gasteiger partial charge in [-0.05, 0) is 57.3 Å². The second-order valence-corrected chi connectivity index (χ2v) is 8.87. The first-order valence-electron chi connectivity index (χ1n) is 9.59. The maximum absolute atomic E-state index is 11.3. The van der Waals surface area contributed by atoms with Gasteiger partial charge in [-0.3, -0.25) is 4.55 Å². The van der Waals surface area contributed by atoms with Gasteiger partial charge in [0.1, 0.15) is 0 Å². The summed E-state index contributed by atoms with van der Waals surface area (Å²) in [6.45, 7) is 8.16. The molecule has 0 amide bonds. The zero-order valence-electron chi connectivity index (χ0n) is 16.8. The molecule has 0 aromatic carbocycles. The third-order valence-corrected chi connectivity index (χ3v) is 6.63. The van der Waals surface area contributed by atoms with Crippen LogP contribution in [-0.4, -0.2) is 30.2 Å². The van der Waals surface area contributed by atoms with Gasteiger partial charge in [0.15, 0.2) is 0 Å². The number of hydrogen-bond acceptors (Lipinski definition) is 4. The van der Waals surface area contributed by atoms with E-state index in [4.69, 9.17) is 13.8 Å². The minimum Gasteiger partial charge on any atom is -0.478 e. The molecule has 1 saturated carbocycles. The van der Waals surface area contributed by atoms with Crippen LogP contribution >= 0.6 is 0 Å². The molecule has 1 fully saturated rings. The molecule has 2 rings (SSSR count). The van der Waals surface area contributed by atoms with Crippen LogP contribution < -0.4 is 0 Å². The number of hydrogen-bond donors (Lipinski definition) is 2. The first-order valence-corrected chi connectivity index (χ1v) is 11.0. The highest BCUT2D eigenvalue weighted by Gasteiger charge is 2.46. The van der Waals surface area contributed by atoms with Crippen molar-refractivity contribution in [2.24, 2.45) is 29.6 Å². The van der Waals surface area contributed by atoms with Crippen molar-refractivity contribution in [1.29, 1.82) is 0 Å². The highest BCUT2D eigenvalue weighted by Crippen LogP contribution is 2.51. The Balaban J connectivity index is 2.43. The van der Waals surface area contributed by atoms with Gasteiger partial charge < -0.3 is 5.11 Å². The van der Waals surface area contributed by atoms with E-state index in [0.717, 1.165) is 12.5 Å².